The molecule has 0 aromatic heterocycles. The van der Waals surface area contributed by atoms with Crippen molar-refractivity contribution in [3.63, 3.8) is 0 Å². The van der Waals surface area contributed by atoms with Crippen LogP contribution in [0, 0.1) is 0 Å². The Balaban J connectivity index is 2.18. The highest BCUT2D eigenvalue weighted by Crippen LogP contribution is 2.14. The number of nitrogens with one attached hydrogen (secondary N) is 1. The maximum Gasteiger partial charge on any atom is 0.411 e. The zero-order valence-corrected chi connectivity index (χ0v) is 8.96. The van der Waals surface area contributed by atoms with Gasteiger partial charge in [-0.15, -0.1) is 0 Å². The summed E-state index contributed by atoms with van der Waals surface area (Å²) in [6.45, 7) is -1.58. The molecule has 1 aromatic carbocycles. The number of amides is 1. The molecule has 0 atom stereocenters. The average molecular weight is 247 g/mol. The summed E-state index contributed by atoms with van der Waals surface area (Å²) >= 11 is 0. The molecule has 1 rings (SSSR count). The van der Waals surface area contributed by atoms with E-state index >= 15 is 0 Å². The standard InChI is InChI=1S/C11H12F3NO2/c12-11(13,14)8-17-7-6-10(16)15-9-4-2-1-3-5-9/h1-5H,6-8H2,(H,15,16). The van der Waals surface area contributed by atoms with Gasteiger partial charge in [-0.2, -0.15) is 13.2 Å². The first-order valence-electron chi connectivity index (χ1n) is 4.97. The van der Waals surface area contributed by atoms with Crippen molar-refractivity contribution in [1.29, 1.82) is 0 Å². The number of anilines is 1. The minimum atomic E-state index is -4.35. The minimum Gasteiger partial charge on any atom is -0.372 e. The van der Waals surface area contributed by atoms with Crippen molar-refractivity contribution in [3.8, 4) is 0 Å². The fourth-order valence-corrected chi connectivity index (χ4v) is 1.10. The lowest BCUT2D eigenvalue weighted by atomic mass is 10.3. The molecule has 1 N–H and O–H groups in total. The Morgan fingerprint density at radius 3 is 2.47 bits per heavy atom. The average Bonchev–Trinajstić information content (AvgIpc) is 2.25. The first-order chi connectivity index (χ1) is 7.97. The second kappa shape index (κ2) is 6.24. The molecule has 0 heterocycles. The van der Waals surface area contributed by atoms with Crippen molar-refractivity contribution in [3.05, 3.63) is 30.3 Å². The van der Waals surface area contributed by atoms with Crippen LogP contribution in [-0.4, -0.2) is 25.3 Å². The molecule has 6 heteroatoms. The fourth-order valence-electron chi connectivity index (χ4n) is 1.10. The number of benzene rings is 1. The van der Waals surface area contributed by atoms with Crippen molar-refractivity contribution < 1.29 is 22.7 Å². The van der Waals surface area contributed by atoms with Gasteiger partial charge in [-0.05, 0) is 12.1 Å². The van der Waals surface area contributed by atoms with Gasteiger partial charge in [0.05, 0.1) is 13.0 Å². The molecule has 3 nitrogen and oxygen atoms in total. The van der Waals surface area contributed by atoms with Gasteiger partial charge in [-0.1, -0.05) is 18.2 Å². The molecule has 1 aromatic rings. The van der Waals surface area contributed by atoms with E-state index in [-0.39, 0.29) is 18.9 Å². The first-order valence-corrected chi connectivity index (χ1v) is 4.97. The summed E-state index contributed by atoms with van der Waals surface area (Å²) in [5.74, 6) is -0.377. The highest BCUT2D eigenvalue weighted by atomic mass is 19.4. The summed E-state index contributed by atoms with van der Waals surface area (Å²) in [5, 5.41) is 2.54. The number of alkyl halides is 3. The Kier molecular flexibility index (Phi) is 4.96. The summed E-state index contributed by atoms with van der Waals surface area (Å²) in [6, 6.07) is 8.66. The van der Waals surface area contributed by atoms with Gasteiger partial charge in [0.1, 0.15) is 6.61 Å². The second-order valence-electron chi connectivity index (χ2n) is 3.33. The normalized spacial score (nSPS) is 11.2. The molecule has 0 aliphatic carbocycles. The third-order valence-corrected chi connectivity index (χ3v) is 1.80. The highest BCUT2D eigenvalue weighted by Gasteiger charge is 2.27. The summed E-state index contributed by atoms with van der Waals surface area (Å²) < 4.78 is 39.4. The lowest BCUT2D eigenvalue weighted by Crippen LogP contribution is -2.20. The fraction of sp³-hybridized carbons (Fsp3) is 0.364. The molecule has 1 amide bonds. The monoisotopic (exact) mass is 247 g/mol. The highest BCUT2D eigenvalue weighted by molar-refractivity contribution is 5.90. The van der Waals surface area contributed by atoms with E-state index in [9.17, 15) is 18.0 Å². The van der Waals surface area contributed by atoms with Crippen LogP contribution in [0.1, 0.15) is 6.42 Å². The quantitative estimate of drug-likeness (QED) is 0.812. The molecule has 0 radical (unpaired) electrons. The van der Waals surface area contributed by atoms with E-state index in [2.05, 4.69) is 10.1 Å². The number of hydrogen-bond acceptors (Lipinski definition) is 2. The molecule has 0 aliphatic heterocycles. The van der Waals surface area contributed by atoms with Crippen LogP contribution in [0.3, 0.4) is 0 Å². The van der Waals surface area contributed by atoms with Gasteiger partial charge in [-0.3, -0.25) is 4.79 Å². The zero-order chi connectivity index (χ0) is 12.7. The largest absolute Gasteiger partial charge is 0.411 e. The van der Waals surface area contributed by atoms with Gasteiger partial charge in [-0.25, -0.2) is 0 Å². The van der Waals surface area contributed by atoms with Gasteiger partial charge < -0.3 is 10.1 Å². The van der Waals surface area contributed by atoms with Crippen LogP contribution in [0.4, 0.5) is 18.9 Å². The summed E-state index contributed by atoms with van der Waals surface area (Å²) in [7, 11) is 0. The minimum absolute atomic E-state index is 0.106. The van der Waals surface area contributed by atoms with E-state index in [0.717, 1.165) is 0 Å². The number of rotatable bonds is 5. The second-order valence-corrected chi connectivity index (χ2v) is 3.33. The van der Waals surface area contributed by atoms with E-state index < -0.39 is 12.8 Å². The van der Waals surface area contributed by atoms with Gasteiger partial charge in [0.15, 0.2) is 0 Å². The number of ether oxygens (including phenoxy) is 1. The van der Waals surface area contributed by atoms with E-state index in [1.54, 1.807) is 30.3 Å². The molecule has 0 saturated carbocycles. The molecule has 94 valence electrons. The van der Waals surface area contributed by atoms with Crippen LogP contribution in [0.25, 0.3) is 0 Å². The summed E-state index contributed by atoms with van der Waals surface area (Å²) in [6.07, 6.45) is -4.46. The van der Waals surface area contributed by atoms with Crippen molar-refractivity contribution in [2.24, 2.45) is 0 Å². The van der Waals surface area contributed by atoms with Crippen LogP contribution >= 0.6 is 0 Å². The molecule has 0 saturated heterocycles. The summed E-state index contributed by atoms with van der Waals surface area (Å²) in [4.78, 5) is 11.3. The molecule has 0 bridgehead atoms. The van der Waals surface area contributed by atoms with E-state index in [1.165, 1.54) is 0 Å². The van der Waals surface area contributed by atoms with Gasteiger partial charge >= 0.3 is 6.18 Å². The predicted molar refractivity (Wildman–Crippen MR) is 56.6 cm³/mol. The van der Waals surface area contributed by atoms with Crippen LogP contribution in [0.15, 0.2) is 30.3 Å². The number of carbonyl (C=O) groups is 1. The van der Waals surface area contributed by atoms with E-state index in [1.807, 2.05) is 0 Å². The lowest BCUT2D eigenvalue weighted by molar-refractivity contribution is -0.174. The van der Waals surface area contributed by atoms with Crippen LogP contribution in [0.2, 0.25) is 0 Å². The number of para-hydroxylation sites is 1. The van der Waals surface area contributed by atoms with Crippen molar-refractivity contribution in [2.75, 3.05) is 18.5 Å². The molecule has 0 fully saturated rings. The van der Waals surface area contributed by atoms with E-state index in [4.69, 9.17) is 0 Å². The molecule has 0 unspecified atom stereocenters. The molecular formula is C11H12F3NO2. The van der Waals surface area contributed by atoms with Crippen LogP contribution in [0.5, 0.6) is 0 Å². The van der Waals surface area contributed by atoms with Crippen molar-refractivity contribution in [2.45, 2.75) is 12.6 Å². The third kappa shape index (κ3) is 6.57. The van der Waals surface area contributed by atoms with Gasteiger partial charge in [0, 0.05) is 5.69 Å². The molecule has 0 aliphatic rings. The van der Waals surface area contributed by atoms with Crippen LogP contribution in [-0.2, 0) is 9.53 Å². The number of halogens is 3. The first kappa shape index (κ1) is 13.5. The Hall–Kier alpha value is -1.56. The maximum atomic E-state index is 11.7. The zero-order valence-electron chi connectivity index (χ0n) is 8.96. The smallest absolute Gasteiger partial charge is 0.372 e. The number of hydrogen-bond donors (Lipinski definition) is 1. The number of carbonyl (C=O) groups excluding carboxylic acids is 1. The van der Waals surface area contributed by atoms with E-state index in [0.29, 0.717) is 5.69 Å². The van der Waals surface area contributed by atoms with Crippen molar-refractivity contribution in [1.82, 2.24) is 0 Å². The molecule has 0 spiro atoms. The predicted octanol–water partition coefficient (Wildman–Crippen LogP) is 2.59. The van der Waals surface area contributed by atoms with Gasteiger partial charge in [0.25, 0.3) is 0 Å². The SMILES string of the molecule is O=C(CCOCC(F)(F)F)Nc1ccccc1. The Morgan fingerprint density at radius 1 is 1.24 bits per heavy atom. The molecular weight excluding hydrogens is 235 g/mol. The summed E-state index contributed by atoms with van der Waals surface area (Å²) in [5.41, 5.74) is 0.605. The third-order valence-electron chi connectivity index (χ3n) is 1.80. The lowest BCUT2D eigenvalue weighted by Gasteiger charge is -2.08. The van der Waals surface area contributed by atoms with Crippen LogP contribution < -0.4 is 5.32 Å². The Morgan fingerprint density at radius 2 is 1.88 bits per heavy atom. The van der Waals surface area contributed by atoms with Gasteiger partial charge in [0.2, 0.25) is 5.91 Å². The topological polar surface area (TPSA) is 38.3 Å². The Bertz CT molecular complexity index is 351. The van der Waals surface area contributed by atoms with Crippen molar-refractivity contribution >= 4 is 11.6 Å². The Labute approximate surface area is 96.6 Å². The maximum absolute atomic E-state index is 11.7. The molecule has 17 heavy (non-hydrogen) atoms.